The Hall–Kier alpha value is -1.63. The molecule has 30 heavy (non-hydrogen) atoms. The highest BCUT2D eigenvalue weighted by Gasteiger charge is 2.45. The number of nitrogens with zero attached hydrogens (tertiary/aromatic N) is 1. The van der Waals surface area contributed by atoms with E-state index in [0.717, 1.165) is 49.6 Å². The van der Waals surface area contributed by atoms with Gasteiger partial charge in [-0.3, -0.25) is 4.79 Å². The maximum absolute atomic E-state index is 13.9. The van der Waals surface area contributed by atoms with Gasteiger partial charge in [0, 0.05) is 16.9 Å². The van der Waals surface area contributed by atoms with Crippen molar-refractivity contribution >= 4 is 29.3 Å². The zero-order valence-corrected chi connectivity index (χ0v) is 18.5. The second-order valence-corrected chi connectivity index (χ2v) is 9.41. The van der Waals surface area contributed by atoms with Crippen LogP contribution in [0.2, 0.25) is 0 Å². The molecule has 1 heterocycles. The third-order valence-corrected chi connectivity index (χ3v) is 7.27. The molecule has 2 aliphatic rings. The van der Waals surface area contributed by atoms with Gasteiger partial charge in [-0.05, 0) is 92.7 Å². The Balaban J connectivity index is 1.42. The van der Waals surface area contributed by atoms with Gasteiger partial charge in [-0.1, -0.05) is 6.07 Å². The summed E-state index contributed by atoms with van der Waals surface area (Å²) in [4.78, 5) is 21.1. The van der Waals surface area contributed by atoms with Crippen LogP contribution in [0.15, 0.2) is 41.4 Å². The zero-order chi connectivity index (χ0) is 21.1. The molecular formula is C23H26ClFN2O2S. The Bertz CT molecular complexity index is 905. The Morgan fingerprint density at radius 2 is 2.10 bits per heavy atom. The molecule has 2 atom stereocenters. The number of Topliss-reactive ketones (excluding diaryl/α,β-unsaturated/α-hetero) is 1. The summed E-state index contributed by atoms with van der Waals surface area (Å²) in [5.74, 6) is 1.15. The van der Waals surface area contributed by atoms with Crippen molar-refractivity contribution in [3.05, 3.63) is 47.9 Å². The van der Waals surface area contributed by atoms with Gasteiger partial charge in [0.25, 0.3) is 0 Å². The minimum atomic E-state index is -0.521. The topological polar surface area (TPSA) is 51.2 Å². The second kappa shape index (κ2) is 9.67. The number of ether oxygens (including phenoxy) is 1. The molecule has 0 aliphatic heterocycles. The Morgan fingerprint density at radius 1 is 1.30 bits per heavy atom. The molecule has 0 saturated heterocycles. The van der Waals surface area contributed by atoms with Gasteiger partial charge in [0.15, 0.2) is 5.78 Å². The van der Waals surface area contributed by atoms with Gasteiger partial charge in [0.2, 0.25) is 5.88 Å². The van der Waals surface area contributed by atoms with Crippen LogP contribution in [0, 0.1) is 23.6 Å². The van der Waals surface area contributed by atoms with Crippen LogP contribution in [0.25, 0.3) is 0 Å². The van der Waals surface area contributed by atoms with Crippen molar-refractivity contribution in [3.63, 3.8) is 0 Å². The molecule has 4 rings (SSSR count). The van der Waals surface area contributed by atoms with Gasteiger partial charge in [-0.25, -0.2) is 14.2 Å². The minimum Gasteiger partial charge on any atom is -0.438 e. The Kier molecular flexibility index (Phi) is 6.96. The molecule has 2 aliphatic carbocycles. The number of halogens is 2. The average molecular weight is 449 g/mol. The first-order valence-electron chi connectivity index (χ1n) is 10.4. The molecule has 0 spiro atoms. The molecule has 1 N–H and O–H groups in total. The summed E-state index contributed by atoms with van der Waals surface area (Å²) in [6.45, 7) is 0. The van der Waals surface area contributed by atoms with Crippen LogP contribution in [0.1, 0.15) is 48.9 Å². The quantitative estimate of drug-likeness (QED) is 0.294. The summed E-state index contributed by atoms with van der Waals surface area (Å²) in [5.41, 5.74) is 0.243. The molecule has 160 valence electrons. The molecule has 2 aromatic rings. The Labute approximate surface area is 186 Å². The smallest absolute Gasteiger partial charge is 0.230 e. The van der Waals surface area contributed by atoms with E-state index in [0.29, 0.717) is 23.6 Å². The van der Waals surface area contributed by atoms with Crippen molar-refractivity contribution in [1.82, 2.24) is 9.82 Å². The fraction of sp³-hybridized carbons (Fsp3) is 0.478. The van der Waals surface area contributed by atoms with Gasteiger partial charge in [-0.15, -0.1) is 11.8 Å². The number of aromatic nitrogens is 1. The third kappa shape index (κ3) is 5.16. The molecule has 2 fully saturated rings. The molecule has 7 heteroatoms. The van der Waals surface area contributed by atoms with E-state index in [2.05, 4.69) is 9.82 Å². The fourth-order valence-electron chi connectivity index (χ4n) is 4.43. The number of carbonyl (C=O) groups excluding carboxylic acids is 1. The molecule has 4 nitrogen and oxygen atoms in total. The number of hydrogen-bond donors (Lipinski definition) is 1. The van der Waals surface area contributed by atoms with E-state index < -0.39 is 5.82 Å². The largest absolute Gasteiger partial charge is 0.438 e. The summed E-state index contributed by atoms with van der Waals surface area (Å²) in [5, 5.41) is 0. The van der Waals surface area contributed by atoms with E-state index in [4.69, 9.17) is 16.5 Å². The number of hydrogen-bond acceptors (Lipinski definition) is 5. The highest BCUT2D eigenvalue weighted by Crippen LogP contribution is 2.48. The maximum Gasteiger partial charge on any atom is 0.230 e. The van der Waals surface area contributed by atoms with Crippen molar-refractivity contribution in [1.29, 1.82) is 0 Å². The van der Waals surface area contributed by atoms with Crippen molar-refractivity contribution in [2.24, 2.45) is 17.8 Å². The monoisotopic (exact) mass is 448 g/mol. The number of ketones is 1. The molecule has 0 amide bonds. The first kappa shape index (κ1) is 21.6. The normalized spacial score (nSPS) is 25.7. The summed E-state index contributed by atoms with van der Waals surface area (Å²) in [7, 11) is 0. The lowest BCUT2D eigenvalue weighted by Gasteiger charge is -2.27. The zero-order valence-electron chi connectivity index (χ0n) is 16.9. The standard InChI is InChI=1S/C23H26ClFN2O2S/c1-30-19-4-2-3-18(12-19)29-23-21(11-16(25)13-26-23)22(28)20-10-15(20)9-14-5-7-17(27-24)8-6-14/h2-4,11-15,17,20,27H,5-10H2,1H3. The van der Waals surface area contributed by atoms with E-state index in [1.54, 1.807) is 11.8 Å². The molecule has 0 radical (unpaired) electrons. The van der Waals surface area contributed by atoms with Gasteiger partial charge in [0.05, 0.1) is 11.8 Å². The number of pyridine rings is 1. The fourth-order valence-corrected chi connectivity index (χ4v) is 5.09. The lowest BCUT2D eigenvalue weighted by Crippen LogP contribution is -2.27. The number of nitrogens with one attached hydrogen (secondary N) is 1. The van der Waals surface area contributed by atoms with Gasteiger partial charge in [0.1, 0.15) is 11.6 Å². The van der Waals surface area contributed by atoms with E-state index in [-0.39, 0.29) is 23.1 Å². The summed E-state index contributed by atoms with van der Waals surface area (Å²) in [6, 6.07) is 9.23. The number of carbonyl (C=O) groups is 1. The number of thioether (sulfide) groups is 1. The van der Waals surface area contributed by atoms with Crippen molar-refractivity contribution in [2.75, 3.05) is 6.26 Å². The SMILES string of the molecule is CSc1cccc(Oc2ncc(F)cc2C(=O)C2CC2CC2CCC(NCl)CC2)c1. The van der Waals surface area contributed by atoms with Crippen molar-refractivity contribution in [3.8, 4) is 11.6 Å². The predicted octanol–water partition coefficient (Wildman–Crippen LogP) is 6.25. The highest BCUT2D eigenvalue weighted by molar-refractivity contribution is 7.98. The highest BCUT2D eigenvalue weighted by atomic mass is 35.5. The molecule has 1 aromatic heterocycles. The third-order valence-electron chi connectivity index (χ3n) is 6.24. The molecule has 2 saturated carbocycles. The van der Waals surface area contributed by atoms with Crippen LogP contribution < -0.4 is 9.57 Å². The van der Waals surface area contributed by atoms with Gasteiger partial charge >= 0.3 is 0 Å². The summed E-state index contributed by atoms with van der Waals surface area (Å²) < 4.78 is 19.8. The van der Waals surface area contributed by atoms with E-state index in [9.17, 15) is 9.18 Å². The maximum atomic E-state index is 13.9. The predicted molar refractivity (Wildman–Crippen MR) is 118 cm³/mol. The molecule has 1 aromatic carbocycles. The lowest BCUT2D eigenvalue weighted by molar-refractivity contribution is 0.0954. The number of rotatable bonds is 8. The van der Waals surface area contributed by atoms with Crippen molar-refractivity contribution in [2.45, 2.75) is 49.5 Å². The van der Waals surface area contributed by atoms with Crippen LogP contribution in [-0.4, -0.2) is 23.1 Å². The lowest BCUT2D eigenvalue weighted by atomic mass is 9.83. The van der Waals surface area contributed by atoms with Crippen LogP contribution >= 0.6 is 23.5 Å². The van der Waals surface area contributed by atoms with E-state index >= 15 is 0 Å². The second-order valence-electron chi connectivity index (χ2n) is 8.32. The number of benzene rings is 1. The van der Waals surface area contributed by atoms with Gasteiger partial charge in [-0.2, -0.15) is 0 Å². The van der Waals surface area contributed by atoms with Crippen molar-refractivity contribution < 1.29 is 13.9 Å². The van der Waals surface area contributed by atoms with Crippen LogP contribution in [0.4, 0.5) is 4.39 Å². The first-order valence-corrected chi connectivity index (χ1v) is 12.1. The van der Waals surface area contributed by atoms with Crippen LogP contribution in [-0.2, 0) is 0 Å². The summed E-state index contributed by atoms with van der Waals surface area (Å²) in [6.07, 6.45) is 9.45. The molecule has 2 unspecified atom stereocenters. The molecule has 0 bridgehead atoms. The average Bonchev–Trinajstić information content (AvgIpc) is 3.54. The summed E-state index contributed by atoms with van der Waals surface area (Å²) >= 11 is 7.34. The minimum absolute atomic E-state index is 0.0564. The van der Waals surface area contributed by atoms with E-state index in [1.807, 2.05) is 30.5 Å². The Morgan fingerprint density at radius 3 is 2.83 bits per heavy atom. The van der Waals surface area contributed by atoms with E-state index in [1.165, 1.54) is 6.07 Å². The van der Waals surface area contributed by atoms with Crippen LogP contribution in [0.3, 0.4) is 0 Å². The van der Waals surface area contributed by atoms with Gasteiger partial charge < -0.3 is 4.74 Å². The molecular weight excluding hydrogens is 423 g/mol. The van der Waals surface area contributed by atoms with Crippen LogP contribution in [0.5, 0.6) is 11.6 Å². The first-order chi connectivity index (χ1) is 14.6.